The van der Waals surface area contributed by atoms with Gasteiger partial charge < -0.3 is 15.2 Å². The summed E-state index contributed by atoms with van der Waals surface area (Å²) in [4.78, 5) is 26.8. The Hall–Kier alpha value is -3.79. The van der Waals surface area contributed by atoms with E-state index in [-0.39, 0.29) is 13.2 Å². The summed E-state index contributed by atoms with van der Waals surface area (Å²) in [7, 11) is 0. The number of ether oxygens (including phenoxy) is 1. The number of aromatic nitrogens is 4. The van der Waals surface area contributed by atoms with Crippen molar-refractivity contribution in [3.63, 3.8) is 0 Å². The molecule has 1 saturated heterocycles. The maximum Gasteiger partial charge on any atom is 0.325 e. The van der Waals surface area contributed by atoms with Gasteiger partial charge in [-0.15, -0.1) is 5.10 Å². The van der Waals surface area contributed by atoms with Gasteiger partial charge in [-0.2, -0.15) is 0 Å². The van der Waals surface area contributed by atoms with E-state index < -0.39 is 23.6 Å². The lowest BCUT2D eigenvalue weighted by Crippen LogP contribution is -2.42. The maximum atomic E-state index is 13.2. The zero-order valence-corrected chi connectivity index (χ0v) is 18.0. The molecule has 10 heteroatoms. The van der Waals surface area contributed by atoms with Crippen molar-refractivity contribution in [2.75, 3.05) is 13.2 Å². The number of β-amino-alcohol motifs (C(OH)–C–C–N with tert-alkyl or cyclic N) is 1. The number of urea groups is 1. The Morgan fingerprint density at radius 3 is 2.56 bits per heavy atom. The molecular weight excluding hydrogens is 412 g/mol. The van der Waals surface area contributed by atoms with Crippen LogP contribution < -0.4 is 10.1 Å². The van der Waals surface area contributed by atoms with Gasteiger partial charge in [-0.05, 0) is 60.0 Å². The van der Waals surface area contributed by atoms with Crippen molar-refractivity contribution in [2.24, 2.45) is 0 Å². The van der Waals surface area contributed by atoms with E-state index in [1.807, 2.05) is 32.0 Å². The Labute approximate surface area is 184 Å². The predicted molar refractivity (Wildman–Crippen MR) is 114 cm³/mol. The fourth-order valence-corrected chi connectivity index (χ4v) is 3.77. The van der Waals surface area contributed by atoms with Crippen LogP contribution in [0, 0.1) is 13.8 Å². The number of carbonyl (C=O) groups is 2. The maximum absolute atomic E-state index is 13.2. The Morgan fingerprint density at radius 2 is 1.88 bits per heavy atom. The molecule has 1 aliphatic heterocycles. The Morgan fingerprint density at radius 1 is 1.16 bits per heavy atom. The number of para-hydroxylation sites is 1. The molecule has 2 atom stereocenters. The van der Waals surface area contributed by atoms with Gasteiger partial charge in [0, 0.05) is 0 Å². The standard InChI is InChI=1S/C22H24N6O4/c1-14-6-4-7-15(2)19(14)32-12-18(29)11-27-20(30)22(3,24-21(27)31)16-8-5-9-17(10-16)28-13-23-25-26-28/h4-10,13,18,29H,11-12H2,1-3H3,(H,24,31)/t18-,22+/m1/s1. The monoisotopic (exact) mass is 436 g/mol. The van der Waals surface area contributed by atoms with Crippen molar-refractivity contribution >= 4 is 11.9 Å². The van der Waals surface area contributed by atoms with Gasteiger partial charge in [0.2, 0.25) is 0 Å². The van der Waals surface area contributed by atoms with Crippen LogP contribution in [0.1, 0.15) is 23.6 Å². The van der Waals surface area contributed by atoms with Crippen LogP contribution in [0.2, 0.25) is 0 Å². The van der Waals surface area contributed by atoms with Crippen molar-refractivity contribution in [1.82, 2.24) is 30.4 Å². The minimum absolute atomic E-state index is 0.0474. The highest BCUT2D eigenvalue weighted by Gasteiger charge is 2.49. The summed E-state index contributed by atoms with van der Waals surface area (Å²) in [5.41, 5.74) is 1.84. The number of rotatable bonds is 7. The van der Waals surface area contributed by atoms with Crippen LogP contribution in [-0.2, 0) is 10.3 Å². The zero-order valence-electron chi connectivity index (χ0n) is 18.0. The lowest BCUT2D eigenvalue weighted by Gasteiger charge is -2.23. The molecule has 166 valence electrons. The number of hydrogen-bond acceptors (Lipinski definition) is 7. The normalized spacial score (nSPS) is 19.2. The van der Waals surface area contributed by atoms with Crippen molar-refractivity contribution in [2.45, 2.75) is 32.4 Å². The zero-order chi connectivity index (χ0) is 22.9. The second kappa shape index (κ2) is 8.39. The van der Waals surface area contributed by atoms with Crippen LogP contribution in [0.3, 0.4) is 0 Å². The van der Waals surface area contributed by atoms with Crippen LogP contribution in [0.5, 0.6) is 5.75 Å². The summed E-state index contributed by atoms with van der Waals surface area (Å²) in [5.74, 6) is 0.232. The number of nitrogens with one attached hydrogen (secondary N) is 1. The quantitative estimate of drug-likeness (QED) is 0.538. The van der Waals surface area contributed by atoms with E-state index in [2.05, 4.69) is 20.8 Å². The summed E-state index contributed by atoms with van der Waals surface area (Å²) in [6, 6.07) is 12.2. The molecule has 2 heterocycles. The number of hydrogen-bond donors (Lipinski definition) is 2. The number of benzene rings is 2. The first-order valence-electron chi connectivity index (χ1n) is 10.1. The molecule has 2 N–H and O–H groups in total. The van der Waals surface area contributed by atoms with Gasteiger partial charge in [0.25, 0.3) is 5.91 Å². The average molecular weight is 436 g/mol. The number of aryl methyl sites for hydroxylation is 2. The van der Waals surface area contributed by atoms with Crippen molar-refractivity contribution in [1.29, 1.82) is 0 Å². The molecule has 0 aliphatic carbocycles. The van der Waals surface area contributed by atoms with Crippen molar-refractivity contribution < 1.29 is 19.4 Å². The lowest BCUT2D eigenvalue weighted by molar-refractivity contribution is -0.132. The highest BCUT2D eigenvalue weighted by Crippen LogP contribution is 2.30. The summed E-state index contributed by atoms with van der Waals surface area (Å²) in [5, 5.41) is 24.3. The van der Waals surface area contributed by atoms with Crippen LogP contribution in [0.25, 0.3) is 5.69 Å². The molecule has 3 amide bonds. The topological polar surface area (TPSA) is 122 Å². The molecule has 10 nitrogen and oxygen atoms in total. The van der Waals surface area contributed by atoms with Gasteiger partial charge in [-0.25, -0.2) is 9.48 Å². The van der Waals surface area contributed by atoms with Crippen LogP contribution in [-0.4, -0.2) is 61.4 Å². The van der Waals surface area contributed by atoms with Gasteiger partial charge in [0.15, 0.2) is 0 Å². The molecule has 1 aromatic heterocycles. The first kappa shape index (κ1) is 21.4. The number of aliphatic hydroxyl groups is 1. The smallest absolute Gasteiger partial charge is 0.325 e. The third kappa shape index (κ3) is 3.92. The van der Waals surface area contributed by atoms with E-state index in [0.29, 0.717) is 17.0 Å². The number of nitrogens with zero attached hydrogens (tertiary/aromatic N) is 5. The van der Waals surface area contributed by atoms with Crippen LogP contribution in [0.4, 0.5) is 4.79 Å². The molecule has 3 aromatic rings. The summed E-state index contributed by atoms with van der Waals surface area (Å²) in [6.07, 6.45) is 0.397. The second-order valence-corrected chi connectivity index (χ2v) is 7.96. The first-order valence-corrected chi connectivity index (χ1v) is 10.1. The molecule has 4 rings (SSSR count). The van der Waals surface area contributed by atoms with E-state index in [1.165, 1.54) is 11.0 Å². The summed E-state index contributed by atoms with van der Waals surface area (Å²) < 4.78 is 7.22. The summed E-state index contributed by atoms with van der Waals surface area (Å²) >= 11 is 0. The van der Waals surface area contributed by atoms with E-state index in [4.69, 9.17) is 4.74 Å². The van der Waals surface area contributed by atoms with E-state index in [9.17, 15) is 14.7 Å². The third-order valence-electron chi connectivity index (χ3n) is 5.53. The van der Waals surface area contributed by atoms with Crippen LogP contribution in [0.15, 0.2) is 48.8 Å². The Balaban J connectivity index is 1.47. The number of amides is 3. The van der Waals surface area contributed by atoms with E-state index in [0.717, 1.165) is 16.0 Å². The van der Waals surface area contributed by atoms with Gasteiger partial charge in [-0.1, -0.05) is 30.3 Å². The average Bonchev–Trinajstić information content (AvgIpc) is 3.38. The SMILES string of the molecule is Cc1cccc(C)c1OC[C@H](O)CN1C(=O)N[C@@](C)(c2cccc(-n3cnnn3)c2)C1=O. The predicted octanol–water partition coefficient (Wildman–Crippen LogP) is 1.49. The minimum atomic E-state index is -1.28. The Kier molecular flexibility index (Phi) is 5.62. The number of carbonyl (C=O) groups excluding carboxylic acids is 2. The molecule has 0 spiro atoms. The molecular formula is C22H24N6O4. The fourth-order valence-electron chi connectivity index (χ4n) is 3.77. The second-order valence-electron chi connectivity index (χ2n) is 7.96. The largest absolute Gasteiger partial charge is 0.490 e. The van der Waals surface area contributed by atoms with Crippen molar-refractivity contribution in [3.05, 3.63) is 65.5 Å². The minimum Gasteiger partial charge on any atom is -0.490 e. The molecule has 32 heavy (non-hydrogen) atoms. The highest BCUT2D eigenvalue weighted by atomic mass is 16.5. The van der Waals surface area contributed by atoms with E-state index >= 15 is 0 Å². The van der Waals surface area contributed by atoms with Gasteiger partial charge >= 0.3 is 6.03 Å². The Bertz CT molecular complexity index is 1130. The molecule has 1 fully saturated rings. The first-order chi connectivity index (χ1) is 15.3. The molecule has 0 bridgehead atoms. The summed E-state index contributed by atoms with van der Waals surface area (Å²) in [6.45, 7) is 5.24. The molecule has 0 radical (unpaired) electrons. The lowest BCUT2D eigenvalue weighted by atomic mass is 9.91. The van der Waals surface area contributed by atoms with E-state index in [1.54, 1.807) is 31.2 Å². The third-order valence-corrected chi connectivity index (χ3v) is 5.53. The van der Waals surface area contributed by atoms with Gasteiger partial charge in [0.1, 0.15) is 30.3 Å². The van der Waals surface area contributed by atoms with Crippen molar-refractivity contribution in [3.8, 4) is 11.4 Å². The molecule has 2 aromatic carbocycles. The molecule has 0 saturated carbocycles. The molecule has 0 unspecified atom stereocenters. The highest BCUT2D eigenvalue weighted by molar-refractivity contribution is 6.07. The van der Waals surface area contributed by atoms with Gasteiger partial charge in [0.05, 0.1) is 12.2 Å². The number of aliphatic hydroxyl groups excluding tert-OH is 1. The fraction of sp³-hybridized carbons (Fsp3) is 0.318. The number of imide groups is 1. The van der Waals surface area contributed by atoms with Gasteiger partial charge in [-0.3, -0.25) is 9.69 Å². The number of tetrazole rings is 1. The molecule has 1 aliphatic rings. The van der Waals surface area contributed by atoms with Crippen LogP contribution >= 0.6 is 0 Å².